The third-order valence-electron chi connectivity index (χ3n) is 2.82. The summed E-state index contributed by atoms with van der Waals surface area (Å²) < 4.78 is 5.85. The van der Waals surface area contributed by atoms with E-state index < -0.39 is 0 Å². The lowest BCUT2D eigenvalue weighted by Gasteiger charge is -2.21. The van der Waals surface area contributed by atoms with Crippen molar-refractivity contribution in [2.24, 2.45) is 0 Å². The Balaban J connectivity index is 2.68. The van der Waals surface area contributed by atoms with E-state index in [-0.39, 0.29) is 12.6 Å². The molecule has 0 aromatic heterocycles. The van der Waals surface area contributed by atoms with Crippen molar-refractivity contribution in [1.29, 1.82) is 0 Å². The van der Waals surface area contributed by atoms with E-state index in [9.17, 15) is 5.11 Å². The molecular weight excluding hydrogens is 226 g/mol. The molecule has 0 amide bonds. The van der Waals surface area contributed by atoms with Crippen LogP contribution < -0.4 is 10.1 Å². The Hall–Kier alpha value is -1.06. The van der Waals surface area contributed by atoms with E-state index in [1.807, 2.05) is 0 Å². The molecule has 0 aliphatic heterocycles. The van der Waals surface area contributed by atoms with Crippen molar-refractivity contribution in [3.63, 3.8) is 0 Å². The van der Waals surface area contributed by atoms with E-state index >= 15 is 0 Å². The predicted molar refractivity (Wildman–Crippen MR) is 75.3 cm³/mol. The highest BCUT2D eigenvalue weighted by Crippen LogP contribution is 2.24. The number of aliphatic hydroxyl groups excluding tert-OH is 1. The first-order valence-electron chi connectivity index (χ1n) is 6.51. The maximum absolute atomic E-state index is 9.29. The molecular formula is C15H25NO2. The average Bonchev–Trinajstić information content (AvgIpc) is 2.25. The fourth-order valence-corrected chi connectivity index (χ4v) is 2.20. The predicted octanol–water partition coefficient (Wildman–Crippen LogP) is 2.35. The molecule has 0 aliphatic rings. The molecule has 0 bridgehead atoms. The SMILES string of the molecule is Cc1cc(C)c(OCC(CO)NC(C)C)c(C)c1. The number of aliphatic hydroxyl groups is 1. The first-order valence-corrected chi connectivity index (χ1v) is 6.51. The normalized spacial score (nSPS) is 12.8. The Morgan fingerprint density at radius 3 is 2.17 bits per heavy atom. The van der Waals surface area contributed by atoms with Crippen LogP contribution in [0, 0.1) is 20.8 Å². The van der Waals surface area contributed by atoms with Crippen LogP contribution in [-0.2, 0) is 0 Å². The van der Waals surface area contributed by atoms with Crippen molar-refractivity contribution in [2.75, 3.05) is 13.2 Å². The van der Waals surface area contributed by atoms with E-state index in [2.05, 4.69) is 52.1 Å². The number of nitrogens with one attached hydrogen (secondary N) is 1. The number of aryl methyl sites for hydroxylation is 3. The van der Waals surface area contributed by atoms with Gasteiger partial charge >= 0.3 is 0 Å². The lowest BCUT2D eigenvalue weighted by Crippen LogP contribution is -2.41. The summed E-state index contributed by atoms with van der Waals surface area (Å²) in [5.74, 6) is 0.935. The lowest BCUT2D eigenvalue weighted by atomic mass is 10.1. The van der Waals surface area contributed by atoms with Gasteiger partial charge in [-0.1, -0.05) is 31.5 Å². The molecule has 18 heavy (non-hydrogen) atoms. The maximum Gasteiger partial charge on any atom is 0.125 e. The minimum absolute atomic E-state index is 0.0231. The molecule has 102 valence electrons. The van der Waals surface area contributed by atoms with E-state index in [1.54, 1.807) is 0 Å². The Bertz CT molecular complexity index is 365. The maximum atomic E-state index is 9.29. The zero-order valence-electron chi connectivity index (χ0n) is 12.1. The molecule has 0 saturated carbocycles. The van der Waals surface area contributed by atoms with Gasteiger partial charge in [0.1, 0.15) is 12.4 Å². The van der Waals surface area contributed by atoms with Gasteiger partial charge in [0, 0.05) is 6.04 Å². The molecule has 0 heterocycles. The summed E-state index contributed by atoms with van der Waals surface area (Å²) in [6.07, 6.45) is 0. The number of ether oxygens (including phenoxy) is 1. The zero-order valence-corrected chi connectivity index (χ0v) is 12.1. The van der Waals surface area contributed by atoms with E-state index in [4.69, 9.17) is 4.74 Å². The summed E-state index contributed by atoms with van der Waals surface area (Å²) in [4.78, 5) is 0. The third kappa shape index (κ3) is 4.31. The quantitative estimate of drug-likeness (QED) is 0.815. The molecule has 1 unspecified atom stereocenters. The molecule has 0 saturated heterocycles. The molecule has 0 spiro atoms. The van der Waals surface area contributed by atoms with Gasteiger partial charge in [0.05, 0.1) is 12.6 Å². The summed E-state index contributed by atoms with van der Waals surface area (Å²) in [6, 6.07) is 4.55. The number of hydrogen-bond acceptors (Lipinski definition) is 3. The molecule has 3 heteroatoms. The van der Waals surface area contributed by atoms with Crippen molar-refractivity contribution < 1.29 is 9.84 Å². The highest BCUT2D eigenvalue weighted by molar-refractivity contribution is 5.42. The number of rotatable bonds is 6. The number of benzene rings is 1. The van der Waals surface area contributed by atoms with Crippen LogP contribution in [0.5, 0.6) is 5.75 Å². The van der Waals surface area contributed by atoms with E-state index in [0.29, 0.717) is 12.6 Å². The van der Waals surface area contributed by atoms with Gasteiger partial charge in [-0.25, -0.2) is 0 Å². The van der Waals surface area contributed by atoms with Crippen molar-refractivity contribution >= 4 is 0 Å². The molecule has 0 aliphatic carbocycles. The first-order chi connectivity index (χ1) is 8.43. The fourth-order valence-electron chi connectivity index (χ4n) is 2.20. The largest absolute Gasteiger partial charge is 0.491 e. The molecule has 1 aromatic carbocycles. The van der Waals surface area contributed by atoms with Crippen LogP contribution in [0.25, 0.3) is 0 Å². The zero-order chi connectivity index (χ0) is 13.7. The summed E-state index contributed by atoms with van der Waals surface area (Å²) in [6.45, 7) is 10.9. The molecule has 0 fully saturated rings. The van der Waals surface area contributed by atoms with Gasteiger partial charge < -0.3 is 15.2 Å². The second kappa shape index (κ2) is 6.76. The average molecular weight is 251 g/mol. The summed E-state index contributed by atoms with van der Waals surface area (Å²) >= 11 is 0. The van der Waals surface area contributed by atoms with Crippen LogP contribution in [0.2, 0.25) is 0 Å². The second-order valence-corrected chi connectivity index (χ2v) is 5.24. The van der Waals surface area contributed by atoms with Crippen LogP contribution in [0.4, 0.5) is 0 Å². The van der Waals surface area contributed by atoms with Gasteiger partial charge in [-0.2, -0.15) is 0 Å². The second-order valence-electron chi connectivity index (χ2n) is 5.24. The topological polar surface area (TPSA) is 41.5 Å². The molecule has 1 rings (SSSR count). The van der Waals surface area contributed by atoms with Crippen molar-refractivity contribution in [3.8, 4) is 5.75 Å². The van der Waals surface area contributed by atoms with Crippen LogP contribution >= 0.6 is 0 Å². The highest BCUT2D eigenvalue weighted by atomic mass is 16.5. The number of hydrogen-bond donors (Lipinski definition) is 2. The van der Waals surface area contributed by atoms with Crippen molar-refractivity contribution in [1.82, 2.24) is 5.32 Å². The molecule has 0 radical (unpaired) electrons. The third-order valence-corrected chi connectivity index (χ3v) is 2.82. The lowest BCUT2D eigenvalue weighted by molar-refractivity contribution is 0.176. The van der Waals surface area contributed by atoms with Crippen LogP contribution in [0.15, 0.2) is 12.1 Å². The van der Waals surface area contributed by atoms with Crippen LogP contribution in [0.3, 0.4) is 0 Å². The fraction of sp³-hybridized carbons (Fsp3) is 0.600. The van der Waals surface area contributed by atoms with Gasteiger partial charge in [-0.05, 0) is 31.9 Å². The molecule has 1 aromatic rings. The van der Waals surface area contributed by atoms with Gasteiger partial charge in [0.25, 0.3) is 0 Å². The summed E-state index contributed by atoms with van der Waals surface area (Å²) in [7, 11) is 0. The van der Waals surface area contributed by atoms with Crippen molar-refractivity contribution in [2.45, 2.75) is 46.7 Å². The minimum atomic E-state index is -0.0231. The summed E-state index contributed by atoms with van der Waals surface area (Å²) in [5, 5.41) is 12.6. The Labute approximate surface area is 110 Å². The Morgan fingerprint density at radius 1 is 1.17 bits per heavy atom. The molecule has 3 nitrogen and oxygen atoms in total. The first kappa shape index (κ1) is 15.0. The Morgan fingerprint density at radius 2 is 1.72 bits per heavy atom. The van der Waals surface area contributed by atoms with Crippen LogP contribution in [-0.4, -0.2) is 30.4 Å². The van der Waals surface area contributed by atoms with E-state index in [0.717, 1.165) is 16.9 Å². The van der Waals surface area contributed by atoms with Crippen LogP contribution in [0.1, 0.15) is 30.5 Å². The van der Waals surface area contributed by atoms with Gasteiger partial charge in [0.15, 0.2) is 0 Å². The molecule has 2 N–H and O–H groups in total. The van der Waals surface area contributed by atoms with Gasteiger partial charge in [-0.3, -0.25) is 0 Å². The monoisotopic (exact) mass is 251 g/mol. The van der Waals surface area contributed by atoms with Crippen molar-refractivity contribution in [3.05, 3.63) is 28.8 Å². The smallest absolute Gasteiger partial charge is 0.125 e. The highest BCUT2D eigenvalue weighted by Gasteiger charge is 2.11. The van der Waals surface area contributed by atoms with Gasteiger partial charge in [0.2, 0.25) is 0 Å². The van der Waals surface area contributed by atoms with E-state index in [1.165, 1.54) is 5.56 Å². The Kier molecular flexibility index (Phi) is 5.63. The van der Waals surface area contributed by atoms with Gasteiger partial charge in [-0.15, -0.1) is 0 Å². The minimum Gasteiger partial charge on any atom is -0.491 e. The molecule has 1 atom stereocenters. The summed E-state index contributed by atoms with van der Waals surface area (Å²) in [5.41, 5.74) is 3.54. The standard InChI is InChI=1S/C15H25NO2/c1-10(2)16-14(8-17)9-18-15-12(4)6-11(3)7-13(15)5/h6-7,10,14,16-17H,8-9H2,1-5H3.